The van der Waals surface area contributed by atoms with Crippen molar-refractivity contribution in [2.24, 2.45) is 0 Å². The molecule has 0 bridgehead atoms. The van der Waals surface area contributed by atoms with E-state index in [1.54, 1.807) is 24.8 Å². The van der Waals surface area contributed by atoms with Gasteiger partial charge in [0.1, 0.15) is 0 Å². The standard InChI is InChI=1S/2C12H8N2.6C7H5ClO2.2Dy/c2*1-3-9-5-6-10-4-2-8-14-12(10)11(9)13-7-1;6*8-6-3-1-5(2-4-6)7(9)10;;/h2*1-8H;6*1-4H,(H,9,10);;/q;;;;;;;;2*+3/p-6. The fourth-order valence-electron chi connectivity index (χ4n) is 6.88. The molecule has 4 aromatic heterocycles. The van der Waals surface area contributed by atoms with Crippen LogP contribution in [0.25, 0.3) is 43.6 Å². The minimum absolute atomic E-state index is 0. The summed E-state index contributed by atoms with van der Waals surface area (Å²) in [7, 11) is 0. The molecule has 0 aliphatic rings. The predicted octanol–water partition coefficient (Wildman–Crippen LogP) is 9.79. The van der Waals surface area contributed by atoms with Gasteiger partial charge < -0.3 is 59.4 Å². The zero-order valence-corrected chi connectivity index (χ0v) is 54.3. The van der Waals surface area contributed by atoms with Crippen LogP contribution < -0.4 is 30.6 Å². The van der Waals surface area contributed by atoms with E-state index in [-0.39, 0.29) is 110 Å². The number of aromatic nitrogens is 4. The molecule has 458 valence electrons. The van der Waals surface area contributed by atoms with Crippen LogP contribution in [0.15, 0.2) is 243 Å². The van der Waals surface area contributed by atoms with Gasteiger partial charge in [0.15, 0.2) is 0 Å². The van der Waals surface area contributed by atoms with Crippen molar-refractivity contribution in [3.63, 3.8) is 0 Å². The third kappa shape index (κ3) is 26.5. The molecule has 24 heteroatoms. The Hall–Kier alpha value is -7.49. The molecular weight excluding hydrogens is 1580 g/mol. The Balaban J connectivity index is 0.000000269. The summed E-state index contributed by atoms with van der Waals surface area (Å²) in [6.07, 6.45) is 7.21. The van der Waals surface area contributed by atoms with E-state index in [2.05, 4.69) is 68.5 Å². The van der Waals surface area contributed by atoms with Crippen LogP contribution in [0.3, 0.4) is 0 Å². The molecule has 0 N–H and O–H groups in total. The maximum absolute atomic E-state index is 10.2. The largest absolute Gasteiger partial charge is 3.00 e. The number of benzene rings is 8. The van der Waals surface area contributed by atoms with Crippen molar-refractivity contribution in [1.82, 2.24) is 19.9 Å². The number of halogens is 6. The van der Waals surface area contributed by atoms with Gasteiger partial charge in [0, 0.05) is 76.5 Å². The van der Waals surface area contributed by atoms with Crippen molar-refractivity contribution in [1.29, 1.82) is 0 Å². The van der Waals surface area contributed by atoms with Gasteiger partial charge in [-0.2, -0.15) is 0 Å². The summed E-state index contributed by atoms with van der Waals surface area (Å²) in [6, 6.07) is 59.2. The number of pyridine rings is 4. The average Bonchev–Trinajstić information content (AvgIpc) is 1.07. The van der Waals surface area contributed by atoms with Gasteiger partial charge in [-0.3, -0.25) is 19.9 Å². The Morgan fingerprint density at radius 1 is 0.222 bits per heavy atom. The second-order valence-electron chi connectivity index (χ2n) is 17.2. The van der Waals surface area contributed by atoms with E-state index in [0.717, 1.165) is 43.6 Å². The molecule has 8 aromatic carbocycles. The number of rotatable bonds is 6. The molecule has 90 heavy (non-hydrogen) atoms. The van der Waals surface area contributed by atoms with Crippen molar-refractivity contribution >= 4 is 149 Å². The SMILES string of the molecule is O=C([O-])c1ccc(Cl)cc1.O=C([O-])c1ccc(Cl)cc1.O=C([O-])c1ccc(Cl)cc1.O=C([O-])c1ccc(Cl)cc1.O=C([O-])c1ccc(Cl)cc1.O=C([O-])c1ccc(Cl)cc1.[Dy+3].[Dy+3].c1cnc2c(c1)ccc1cccnc12.c1cnc2c(c1)ccc1cccnc12. The number of carboxylic acids is 6. The fourth-order valence-corrected chi connectivity index (χ4v) is 7.63. The van der Waals surface area contributed by atoms with Crippen molar-refractivity contribution in [3.8, 4) is 0 Å². The molecule has 12 aromatic rings. The Morgan fingerprint density at radius 3 is 0.478 bits per heavy atom. The number of carboxylic acid groups (broad SMARTS) is 6. The molecule has 0 amide bonds. The Bertz CT molecular complexity index is 3650. The van der Waals surface area contributed by atoms with Crippen LogP contribution in [0, 0.1) is 76.3 Å². The molecule has 0 fully saturated rings. The quantitative estimate of drug-likeness (QED) is 0.140. The van der Waals surface area contributed by atoms with E-state index in [4.69, 9.17) is 69.6 Å². The second-order valence-corrected chi connectivity index (χ2v) is 19.8. The molecule has 0 spiro atoms. The number of fused-ring (bicyclic) bond motifs is 6. The van der Waals surface area contributed by atoms with Crippen LogP contribution in [0.2, 0.25) is 30.1 Å². The topological polar surface area (TPSA) is 292 Å². The molecule has 0 atom stereocenters. The van der Waals surface area contributed by atoms with E-state index >= 15 is 0 Å². The van der Waals surface area contributed by atoms with E-state index in [1.165, 1.54) is 146 Å². The van der Waals surface area contributed by atoms with Crippen LogP contribution in [0.1, 0.15) is 62.1 Å². The summed E-state index contributed by atoms with van der Waals surface area (Å²) in [4.78, 5) is 78.3. The summed E-state index contributed by atoms with van der Waals surface area (Å²) < 4.78 is 0. The summed E-state index contributed by atoms with van der Waals surface area (Å²) in [5.74, 6) is -7.10. The monoisotopic (exact) mass is 1620 g/mol. The number of carbonyl (C=O) groups excluding carboxylic acids is 6. The smallest absolute Gasteiger partial charge is 0.545 e. The molecule has 12 rings (SSSR count). The summed E-state index contributed by atoms with van der Waals surface area (Å²) in [6.45, 7) is 0. The van der Waals surface area contributed by atoms with Crippen molar-refractivity contribution in [2.75, 3.05) is 0 Å². The minimum Gasteiger partial charge on any atom is -0.545 e. The van der Waals surface area contributed by atoms with Gasteiger partial charge in [-0.05, 0) is 130 Å². The van der Waals surface area contributed by atoms with Crippen LogP contribution in [0.5, 0.6) is 0 Å². The van der Waals surface area contributed by atoms with Gasteiger partial charge in [-0.25, -0.2) is 0 Å². The van der Waals surface area contributed by atoms with E-state index in [9.17, 15) is 59.4 Å². The zero-order valence-electron chi connectivity index (χ0n) is 45.7. The van der Waals surface area contributed by atoms with Gasteiger partial charge in [-0.15, -0.1) is 0 Å². The third-order valence-electron chi connectivity index (χ3n) is 11.2. The first-order valence-electron chi connectivity index (χ1n) is 25.1. The van der Waals surface area contributed by atoms with E-state index in [0.29, 0.717) is 30.1 Å². The van der Waals surface area contributed by atoms with Crippen molar-refractivity contribution < 1.29 is 136 Å². The molecule has 4 heterocycles. The van der Waals surface area contributed by atoms with Crippen LogP contribution in [0.4, 0.5) is 0 Å². The molecule has 0 aliphatic heterocycles. The van der Waals surface area contributed by atoms with Crippen molar-refractivity contribution in [3.05, 3.63) is 307 Å². The van der Waals surface area contributed by atoms with E-state index in [1.807, 2.05) is 24.3 Å². The maximum atomic E-state index is 10.2. The summed E-state index contributed by atoms with van der Waals surface area (Å²) in [5.41, 5.74) is 4.77. The van der Waals surface area contributed by atoms with Crippen LogP contribution in [-0.4, -0.2) is 55.8 Å². The molecule has 2 radical (unpaired) electrons. The molecule has 0 aliphatic carbocycles. The molecule has 16 nitrogen and oxygen atoms in total. The molecule has 0 unspecified atom stereocenters. The second kappa shape index (κ2) is 40.3. The van der Waals surface area contributed by atoms with Gasteiger partial charge in [0.05, 0.1) is 57.9 Å². The van der Waals surface area contributed by atoms with Gasteiger partial charge >= 0.3 is 76.3 Å². The predicted molar refractivity (Wildman–Crippen MR) is 329 cm³/mol. The minimum atomic E-state index is -1.18. The first-order valence-corrected chi connectivity index (χ1v) is 27.3. The normalized spacial score (nSPS) is 9.58. The van der Waals surface area contributed by atoms with Gasteiger partial charge in [-0.1, -0.05) is 191 Å². The third-order valence-corrected chi connectivity index (χ3v) is 12.7. The zero-order chi connectivity index (χ0) is 64.1. The molecule has 0 saturated heterocycles. The maximum Gasteiger partial charge on any atom is 3.00 e. The molecular formula is C66H40Cl6Dy2N4O12. The van der Waals surface area contributed by atoms with Gasteiger partial charge in [0.2, 0.25) is 0 Å². The summed E-state index contributed by atoms with van der Waals surface area (Å²) in [5, 5.41) is 68.6. The molecule has 0 saturated carbocycles. The fraction of sp³-hybridized carbons (Fsp3) is 0. The number of aromatic carboxylic acids is 6. The Labute approximate surface area is 604 Å². The van der Waals surface area contributed by atoms with Crippen molar-refractivity contribution in [2.45, 2.75) is 0 Å². The van der Waals surface area contributed by atoms with Gasteiger partial charge in [0.25, 0.3) is 0 Å². The Kier molecular flexibility index (Phi) is 34.4. The first-order chi connectivity index (χ1) is 42.1. The Morgan fingerprint density at radius 2 is 0.356 bits per heavy atom. The van der Waals surface area contributed by atoms with Crippen LogP contribution >= 0.6 is 69.6 Å². The number of nitrogens with zero attached hydrogens (tertiary/aromatic N) is 4. The van der Waals surface area contributed by atoms with Crippen LogP contribution in [-0.2, 0) is 0 Å². The van der Waals surface area contributed by atoms with E-state index < -0.39 is 35.8 Å². The number of carbonyl (C=O) groups is 6. The average molecular weight is 1620 g/mol. The first kappa shape index (κ1) is 76.8. The number of hydrogen-bond donors (Lipinski definition) is 0. The summed E-state index contributed by atoms with van der Waals surface area (Å²) >= 11 is 33.0. The number of hydrogen-bond acceptors (Lipinski definition) is 16.